The van der Waals surface area contributed by atoms with Crippen LogP contribution in [0.5, 0.6) is 5.75 Å². The number of nitro groups is 1. The second-order valence-corrected chi connectivity index (χ2v) is 5.98. The lowest BCUT2D eigenvalue weighted by atomic mass is 10.2. The first kappa shape index (κ1) is 16.1. The van der Waals surface area contributed by atoms with Crippen molar-refractivity contribution in [3.8, 4) is 5.75 Å². The number of sulfonamides is 1. The Morgan fingerprint density at radius 2 is 2.10 bits per heavy atom. The van der Waals surface area contributed by atoms with E-state index in [1.807, 2.05) is 6.92 Å². The molecule has 1 aromatic rings. The minimum absolute atomic E-state index is 0.0411. The summed E-state index contributed by atoms with van der Waals surface area (Å²) >= 11 is 0. The number of primary sulfonamides is 1. The van der Waals surface area contributed by atoms with Gasteiger partial charge in [-0.1, -0.05) is 5.57 Å². The smallest absolute Gasteiger partial charge is 0.271 e. The molecule has 0 heterocycles. The first-order chi connectivity index (χ1) is 9.12. The van der Waals surface area contributed by atoms with Gasteiger partial charge in [-0.15, -0.1) is 6.58 Å². The average molecular weight is 300 g/mol. The minimum atomic E-state index is -4.11. The summed E-state index contributed by atoms with van der Waals surface area (Å²) in [5.41, 5.74) is 0.866. The van der Waals surface area contributed by atoms with Crippen LogP contribution in [0.1, 0.15) is 18.9 Å². The fourth-order valence-corrected chi connectivity index (χ4v) is 2.32. The minimum Gasteiger partial charge on any atom is -0.492 e. The summed E-state index contributed by atoms with van der Waals surface area (Å²) in [6.07, 6.45) is 0.542. The Morgan fingerprint density at radius 1 is 1.50 bits per heavy atom. The molecule has 0 aliphatic carbocycles. The van der Waals surface area contributed by atoms with Crippen molar-refractivity contribution >= 4 is 15.7 Å². The van der Waals surface area contributed by atoms with Crippen molar-refractivity contribution in [2.75, 3.05) is 6.61 Å². The Bertz CT molecular complexity index is 652. The van der Waals surface area contributed by atoms with E-state index in [2.05, 4.69) is 6.58 Å². The highest BCUT2D eigenvalue weighted by molar-refractivity contribution is 7.89. The number of benzene rings is 1. The summed E-state index contributed by atoms with van der Waals surface area (Å²) in [4.78, 5) is 9.70. The van der Waals surface area contributed by atoms with Crippen molar-refractivity contribution < 1.29 is 18.1 Å². The molecule has 0 aliphatic heterocycles. The molecular weight excluding hydrogens is 284 g/mol. The highest BCUT2D eigenvalue weighted by Crippen LogP contribution is 2.32. The van der Waals surface area contributed by atoms with E-state index in [0.717, 1.165) is 11.6 Å². The molecule has 0 aliphatic rings. The summed E-state index contributed by atoms with van der Waals surface area (Å²) in [5, 5.41) is 15.8. The van der Waals surface area contributed by atoms with Gasteiger partial charge in [-0.25, -0.2) is 13.6 Å². The number of ether oxygens (including phenoxy) is 1. The fraction of sp³-hybridized carbons (Fsp3) is 0.333. The van der Waals surface area contributed by atoms with E-state index in [-0.39, 0.29) is 22.9 Å². The van der Waals surface area contributed by atoms with Gasteiger partial charge < -0.3 is 4.74 Å². The predicted molar refractivity (Wildman–Crippen MR) is 74.1 cm³/mol. The van der Waals surface area contributed by atoms with Crippen LogP contribution in [-0.2, 0) is 10.0 Å². The summed E-state index contributed by atoms with van der Waals surface area (Å²) in [6, 6.07) is 2.14. The molecular formula is C12H16N2O5S. The molecule has 110 valence electrons. The second-order valence-electron chi connectivity index (χ2n) is 4.45. The van der Waals surface area contributed by atoms with Gasteiger partial charge in [0, 0.05) is 18.6 Å². The Kier molecular flexibility index (Phi) is 4.85. The Morgan fingerprint density at radius 3 is 2.55 bits per heavy atom. The standard InChI is InChI=1S/C12H16N2O5S/c1-8(2)4-5-19-12-9(3)6-10(14(15)16)7-11(12)20(13,17)18/h6-7H,1,4-5H2,2-3H3,(H2,13,17,18). The van der Waals surface area contributed by atoms with E-state index in [4.69, 9.17) is 9.88 Å². The molecule has 20 heavy (non-hydrogen) atoms. The molecule has 0 unspecified atom stereocenters. The van der Waals surface area contributed by atoms with Crippen LogP contribution in [0.4, 0.5) is 5.69 Å². The van der Waals surface area contributed by atoms with Crippen LogP contribution in [0.25, 0.3) is 0 Å². The maximum atomic E-state index is 11.5. The van der Waals surface area contributed by atoms with Crippen LogP contribution >= 0.6 is 0 Å². The van der Waals surface area contributed by atoms with E-state index < -0.39 is 14.9 Å². The predicted octanol–water partition coefficient (Wildman–Crippen LogP) is 1.90. The largest absolute Gasteiger partial charge is 0.492 e. The van der Waals surface area contributed by atoms with E-state index in [1.54, 1.807) is 0 Å². The van der Waals surface area contributed by atoms with Crippen LogP contribution in [0.3, 0.4) is 0 Å². The zero-order chi connectivity index (χ0) is 15.5. The van der Waals surface area contributed by atoms with Gasteiger partial charge in [0.05, 0.1) is 11.5 Å². The summed E-state index contributed by atoms with van der Waals surface area (Å²) in [6.45, 7) is 7.26. The summed E-state index contributed by atoms with van der Waals surface area (Å²) in [5.74, 6) is 0.0411. The van der Waals surface area contributed by atoms with Gasteiger partial charge in [0.2, 0.25) is 10.0 Å². The number of nitro benzene ring substituents is 1. The van der Waals surface area contributed by atoms with Crippen LogP contribution in [0.2, 0.25) is 0 Å². The Labute approximate surface area is 117 Å². The number of aryl methyl sites for hydroxylation is 1. The van der Waals surface area contributed by atoms with Crippen LogP contribution in [0.15, 0.2) is 29.2 Å². The average Bonchev–Trinajstić information content (AvgIpc) is 2.28. The van der Waals surface area contributed by atoms with Gasteiger partial charge in [-0.3, -0.25) is 10.1 Å². The maximum absolute atomic E-state index is 11.5. The molecule has 2 N–H and O–H groups in total. The molecule has 8 heteroatoms. The van der Waals surface area contributed by atoms with Gasteiger partial charge in [0.25, 0.3) is 5.69 Å². The number of nitrogens with zero attached hydrogens (tertiary/aromatic N) is 1. The molecule has 0 saturated heterocycles. The van der Waals surface area contributed by atoms with Crippen molar-refractivity contribution in [1.82, 2.24) is 0 Å². The Hall–Kier alpha value is -1.93. The van der Waals surface area contributed by atoms with Crippen LogP contribution < -0.4 is 9.88 Å². The van der Waals surface area contributed by atoms with Crippen molar-refractivity contribution in [2.45, 2.75) is 25.2 Å². The lowest BCUT2D eigenvalue weighted by molar-refractivity contribution is -0.385. The highest BCUT2D eigenvalue weighted by atomic mass is 32.2. The lowest BCUT2D eigenvalue weighted by Crippen LogP contribution is -2.15. The number of rotatable bonds is 6. The van der Waals surface area contributed by atoms with Gasteiger partial charge in [0.15, 0.2) is 0 Å². The first-order valence-corrected chi connectivity index (χ1v) is 7.26. The van der Waals surface area contributed by atoms with E-state index >= 15 is 0 Å². The van der Waals surface area contributed by atoms with Gasteiger partial charge >= 0.3 is 0 Å². The molecule has 1 rings (SSSR count). The molecule has 0 amide bonds. The zero-order valence-corrected chi connectivity index (χ0v) is 12.1. The molecule has 0 saturated carbocycles. The third kappa shape index (κ3) is 4.04. The molecule has 7 nitrogen and oxygen atoms in total. The first-order valence-electron chi connectivity index (χ1n) is 5.72. The molecule has 0 spiro atoms. The number of hydrogen-bond donors (Lipinski definition) is 1. The number of hydrogen-bond acceptors (Lipinski definition) is 5. The number of nitrogens with two attached hydrogens (primary N) is 1. The van der Waals surface area contributed by atoms with Crippen molar-refractivity contribution in [3.63, 3.8) is 0 Å². The number of non-ortho nitro benzene ring substituents is 1. The zero-order valence-electron chi connectivity index (χ0n) is 11.3. The topological polar surface area (TPSA) is 113 Å². The SMILES string of the molecule is C=C(C)CCOc1c(C)cc([N+](=O)[O-])cc1S(N)(=O)=O. The summed E-state index contributed by atoms with van der Waals surface area (Å²) < 4.78 is 28.5. The third-order valence-electron chi connectivity index (χ3n) is 2.52. The van der Waals surface area contributed by atoms with Gasteiger partial charge in [-0.05, 0) is 19.4 Å². The van der Waals surface area contributed by atoms with Crippen LogP contribution in [0, 0.1) is 17.0 Å². The van der Waals surface area contributed by atoms with E-state index in [9.17, 15) is 18.5 Å². The second kappa shape index (κ2) is 6.02. The van der Waals surface area contributed by atoms with Gasteiger partial charge in [0.1, 0.15) is 10.6 Å². The molecule has 0 bridgehead atoms. The molecule has 0 aromatic heterocycles. The molecule has 0 fully saturated rings. The van der Waals surface area contributed by atoms with E-state index in [0.29, 0.717) is 12.0 Å². The fourth-order valence-electron chi connectivity index (χ4n) is 1.55. The van der Waals surface area contributed by atoms with Crippen molar-refractivity contribution in [2.24, 2.45) is 5.14 Å². The van der Waals surface area contributed by atoms with Crippen LogP contribution in [-0.4, -0.2) is 19.9 Å². The van der Waals surface area contributed by atoms with Crippen molar-refractivity contribution in [3.05, 3.63) is 40.0 Å². The normalized spacial score (nSPS) is 11.2. The Balaban J connectivity index is 3.28. The quantitative estimate of drug-likeness (QED) is 0.489. The summed E-state index contributed by atoms with van der Waals surface area (Å²) in [7, 11) is -4.11. The lowest BCUT2D eigenvalue weighted by Gasteiger charge is -2.13. The molecule has 0 radical (unpaired) electrons. The van der Waals surface area contributed by atoms with Gasteiger partial charge in [-0.2, -0.15) is 0 Å². The molecule has 1 aromatic carbocycles. The third-order valence-corrected chi connectivity index (χ3v) is 3.43. The van der Waals surface area contributed by atoms with Crippen molar-refractivity contribution in [1.29, 1.82) is 0 Å². The molecule has 0 atom stereocenters. The monoisotopic (exact) mass is 300 g/mol. The highest BCUT2D eigenvalue weighted by Gasteiger charge is 2.22. The van der Waals surface area contributed by atoms with E-state index in [1.165, 1.54) is 13.0 Å². The maximum Gasteiger partial charge on any atom is 0.271 e.